The summed E-state index contributed by atoms with van der Waals surface area (Å²) in [6, 6.07) is 7.34. The molecule has 12 heteroatoms. The number of azide groups is 1. The maximum atomic E-state index is 13.2. The van der Waals surface area contributed by atoms with Crippen LogP contribution in [0.1, 0.15) is 49.9 Å². The number of fused-ring (bicyclic) bond motifs is 1. The maximum Gasteiger partial charge on any atom is 0.225 e. The van der Waals surface area contributed by atoms with Crippen LogP contribution in [0.2, 0.25) is 0 Å². The van der Waals surface area contributed by atoms with Crippen molar-refractivity contribution in [1.82, 2.24) is 14.2 Å². The highest BCUT2D eigenvalue weighted by atomic mass is 32.2. The van der Waals surface area contributed by atoms with Crippen molar-refractivity contribution in [3.63, 3.8) is 0 Å². The summed E-state index contributed by atoms with van der Waals surface area (Å²) in [4.78, 5) is 25.5. The number of methoxy groups -OCH3 is 1. The Morgan fingerprint density at radius 2 is 2.10 bits per heavy atom. The number of ether oxygens (including phenoxy) is 1. The van der Waals surface area contributed by atoms with Crippen molar-refractivity contribution in [1.29, 1.82) is 0 Å². The minimum atomic E-state index is -1.55. The number of piperidine rings is 1. The van der Waals surface area contributed by atoms with Gasteiger partial charge in [-0.1, -0.05) is 12.0 Å². The lowest BCUT2D eigenvalue weighted by Crippen LogP contribution is -2.35. The van der Waals surface area contributed by atoms with Crippen LogP contribution in [-0.4, -0.2) is 71.2 Å². The largest absolute Gasteiger partial charge is 0.497 e. The molecule has 0 radical (unpaired) electrons. The number of hydrogen-bond donors (Lipinski definition) is 1. The van der Waals surface area contributed by atoms with Crippen LogP contribution in [0, 0.1) is 12.8 Å². The number of benzene rings is 1. The predicted molar refractivity (Wildman–Crippen MR) is 153 cm³/mol. The van der Waals surface area contributed by atoms with E-state index in [1.165, 1.54) is 19.3 Å². The number of nitrogens with one attached hydrogen (secondary N) is 1. The Bertz CT molecular complexity index is 1230. The van der Waals surface area contributed by atoms with Crippen molar-refractivity contribution in [3.8, 4) is 5.75 Å². The first-order valence-electron chi connectivity index (χ1n) is 13.4. The number of carbonyl (C=O) groups excluding carboxylic acids is 1. The van der Waals surface area contributed by atoms with Gasteiger partial charge in [0.05, 0.1) is 23.9 Å². The number of aromatic nitrogens is 1. The highest BCUT2D eigenvalue weighted by molar-refractivity contribution is 7.83. The zero-order chi connectivity index (χ0) is 27.9. The molecule has 39 heavy (non-hydrogen) atoms. The van der Waals surface area contributed by atoms with E-state index in [2.05, 4.69) is 44.1 Å². The molecule has 0 saturated carbocycles. The Hall–Kier alpha value is -3.18. The number of nitrogens with zero attached hydrogens (tertiary/aromatic N) is 7. The SMILES string of the molecule is CCN(C)CCC1CCN(c2ccc(NC(=O)CCN3C(N=[N+]=[N-])c4cc(OC)cc(C)c4S3=O)cn2)CC1. The molecule has 2 unspecified atom stereocenters. The summed E-state index contributed by atoms with van der Waals surface area (Å²) in [6.07, 6.45) is 4.56. The molecule has 2 aliphatic rings. The fraction of sp³-hybridized carbons (Fsp3) is 0.556. The smallest absolute Gasteiger partial charge is 0.225 e. The van der Waals surface area contributed by atoms with Crippen LogP contribution in [-0.2, 0) is 15.8 Å². The van der Waals surface area contributed by atoms with Gasteiger partial charge in [-0.05, 0) is 93.2 Å². The molecule has 2 atom stereocenters. The van der Waals surface area contributed by atoms with E-state index in [9.17, 15) is 9.00 Å². The summed E-state index contributed by atoms with van der Waals surface area (Å²) < 4.78 is 20.1. The van der Waals surface area contributed by atoms with Gasteiger partial charge in [-0.25, -0.2) is 13.5 Å². The van der Waals surface area contributed by atoms with Crippen LogP contribution in [0.15, 0.2) is 40.5 Å². The Morgan fingerprint density at radius 1 is 1.33 bits per heavy atom. The monoisotopic (exact) mass is 554 g/mol. The average Bonchev–Trinajstić information content (AvgIpc) is 3.21. The third-order valence-electron chi connectivity index (χ3n) is 7.60. The molecule has 3 heterocycles. The topological polar surface area (TPSA) is 127 Å². The molecule has 1 amide bonds. The molecule has 2 aliphatic heterocycles. The summed E-state index contributed by atoms with van der Waals surface area (Å²) in [6.45, 7) is 8.41. The minimum Gasteiger partial charge on any atom is -0.497 e. The number of pyridine rings is 1. The number of rotatable bonds is 11. The number of aryl methyl sites for hydroxylation is 1. The standard InChI is InChI=1S/C27H38N8O3S/c1-5-33(3)12-8-20-9-13-34(14-10-20)24-7-6-21(18-29-24)30-25(36)11-15-35-27(31-32-28)23-17-22(38-4)16-19(2)26(23)39(35)37/h6-7,16-18,20,27H,5,8-15H2,1-4H3,(H,30,36). The van der Waals surface area contributed by atoms with E-state index in [0.717, 1.165) is 43.5 Å². The first kappa shape index (κ1) is 28.8. The van der Waals surface area contributed by atoms with E-state index in [1.54, 1.807) is 29.7 Å². The fourth-order valence-corrected chi connectivity index (χ4v) is 6.68. The first-order valence-corrected chi connectivity index (χ1v) is 14.6. The van der Waals surface area contributed by atoms with Gasteiger partial charge in [0.2, 0.25) is 5.91 Å². The maximum absolute atomic E-state index is 13.2. The average molecular weight is 555 g/mol. The third-order valence-corrected chi connectivity index (χ3v) is 9.32. The van der Waals surface area contributed by atoms with Gasteiger partial charge in [-0.2, -0.15) is 0 Å². The van der Waals surface area contributed by atoms with Crippen molar-refractivity contribution >= 4 is 28.4 Å². The number of amides is 1. The van der Waals surface area contributed by atoms with Crippen LogP contribution < -0.4 is 15.0 Å². The van der Waals surface area contributed by atoms with Crippen molar-refractivity contribution in [2.45, 2.75) is 50.6 Å². The Labute approximate surface area is 232 Å². The molecular formula is C27H38N8O3S. The van der Waals surface area contributed by atoms with Crippen LogP contribution in [0.3, 0.4) is 0 Å². The molecule has 11 nitrogen and oxygen atoms in total. The molecule has 0 aliphatic carbocycles. The second-order valence-electron chi connectivity index (χ2n) is 10.1. The highest BCUT2D eigenvalue weighted by Crippen LogP contribution is 2.42. The van der Waals surface area contributed by atoms with Gasteiger partial charge in [0.1, 0.15) is 28.7 Å². The van der Waals surface area contributed by atoms with Gasteiger partial charge in [-0.15, -0.1) is 0 Å². The summed E-state index contributed by atoms with van der Waals surface area (Å²) >= 11 is 0. The van der Waals surface area contributed by atoms with Gasteiger partial charge in [0.15, 0.2) is 0 Å². The lowest BCUT2D eigenvalue weighted by molar-refractivity contribution is -0.116. The van der Waals surface area contributed by atoms with Gasteiger partial charge < -0.3 is 19.9 Å². The van der Waals surface area contributed by atoms with Gasteiger partial charge in [0.25, 0.3) is 0 Å². The van der Waals surface area contributed by atoms with Crippen LogP contribution >= 0.6 is 0 Å². The van der Waals surface area contributed by atoms with E-state index in [4.69, 9.17) is 10.3 Å². The molecule has 4 rings (SSSR count). The van der Waals surface area contributed by atoms with Gasteiger partial charge >= 0.3 is 0 Å². The molecule has 2 aromatic rings. The molecule has 210 valence electrons. The first-order chi connectivity index (χ1) is 18.8. The van der Waals surface area contributed by atoms with Crippen LogP contribution in [0.25, 0.3) is 10.4 Å². The predicted octanol–water partition coefficient (Wildman–Crippen LogP) is 4.63. The number of hydrogen-bond acceptors (Lipinski definition) is 7. The Morgan fingerprint density at radius 3 is 2.74 bits per heavy atom. The second kappa shape index (κ2) is 13.3. The minimum absolute atomic E-state index is 0.0792. The molecule has 1 aromatic heterocycles. The summed E-state index contributed by atoms with van der Waals surface area (Å²) in [5, 5.41) is 6.74. The lowest BCUT2D eigenvalue weighted by Gasteiger charge is -2.33. The molecule has 0 bridgehead atoms. The van der Waals surface area contributed by atoms with Crippen molar-refractivity contribution in [2.75, 3.05) is 57.1 Å². The molecule has 1 N–H and O–H groups in total. The van der Waals surface area contributed by atoms with Crippen molar-refractivity contribution < 1.29 is 13.7 Å². The number of anilines is 2. The summed E-state index contributed by atoms with van der Waals surface area (Å²) in [7, 11) is 2.17. The van der Waals surface area contributed by atoms with Gasteiger partial charge in [0, 0.05) is 31.0 Å². The van der Waals surface area contributed by atoms with Gasteiger partial charge in [-0.3, -0.25) is 4.79 Å². The van der Waals surface area contributed by atoms with E-state index >= 15 is 0 Å². The second-order valence-corrected chi connectivity index (χ2v) is 11.5. The third kappa shape index (κ3) is 6.88. The number of carbonyl (C=O) groups is 1. The highest BCUT2D eigenvalue weighted by Gasteiger charge is 2.38. The molecule has 1 fully saturated rings. The Balaban J connectivity index is 1.30. The van der Waals surface area contributed by atoms with E-state index in [1.807, 2.05) is 19.1 Å². The molecular weight excluding hydrogens is 516 g/mol. The molecule has 1 saturated heterocycles. The van der Waals surface area contributed by atoms with E-state index < -0.39 is 17.2 Å². The van der Waals surface area contributed by atoms with Crippen molar-refractivity contribution in [2.24, 2.45) is 11.0 Å². The Kier molecular flexibility index (Phi) is 9.79. The molecule has 1 aromatic carbocycles. The van der Waals surface area contributed by atoms with E-state index in [-0.39, 0.29) is 18.9 Å². The normalized spacial score (nSPS) is 19.6. The molecule has 0 spiro atoms. The zero-order valence-corrected chi connectivity index (χ0v) is 24.0. The van der Waals surface area contributed by atoms with E-state index in [0.29, 0.717) is 21.9 Å². The fourth-order valence-electron chi connectivity index (χ4n) is 5.15. The lowest BCUT2D eigenvalue weighted by atomic mass is 9.93. The summed E-state index contributed by atoms with van der Waals surface area (Å²) in [5.41, 5.74) is 11.2. The zero-order valence-electron chi connectivity index (χ0n) is 23.2. The van der Waals surface area contributed by atoms with Crippen LogP contribution in [0.5, 0.6) is 5.75 Å². The quantitative estimate of drug-likeness (QED) is 0.245. The van der Waals surface area contributed by atoms with Crippen molar-refractivity contribution in [3.05, 3.63) is 52.0 Å². The van der Waals surface area contributed by atoms with Crippen LogP contribution in [0.4, 0.5) is 11.5 Å². The summed E-state index contributed by atoms with van der Waals surface area (Å²) in [5.74, 6) is 2.05.